The number of ether oxygens (including phenoxy) is 1. The van der Waals surface area contributed by atoms with Crippen molar-refractivity contribution >= 4 is 29.1 Å². The predicted octanol–water partition coefficient (Wildman–Crippen LogP) is 1.70. The number of carbonyl (C=O) groups excluding carboxylic acids is 2. The van der Waals surface area contributed by atoms with Crippen LogP contribution in [0.5, 0.6) is 5.75 Å². The number of nitrogens with one attached hydrogen (secondary N) is 3. The summed E-state index contributed by atoms with van der Waals surface area (Å²) in [6.45, 7) is 5.78. The average Bonchev–Trinajstić information content (AvgIpc) is 2.50. The van der Waals surface area contributed by atoms with Crippen molar-refractivity contribution < 1.29 is 14.3 Å². The van der Waals surface area contributed by atoms with E-state index in [0.717, 1.165) is 6.42 Å². The molecule has 0 atom stereocenters. The normalized spacial score (nSPS) is 10.1. The SMILES string of the molecule is CCc1ccc(OCC(=O)NNC(=S)NC(=O)CC(C)C)cc1. The second-order valence-corrected chi connectivity index (χ2v) is 5.84. The fourth-order valence-electron chi connectivity index (χ4n) is 1.71. The molecule has 7 heteroatoms. The van der Waals surface area contributed by atoms with E-state index >= 15 is 0 Å². The van der Waals surface area contributed by atoms with Crippen molar-refractivity contribution in [3.8, 4) is 5.75 Å². The third kappa shape index (κ3) is 8.15. The van der Waals surface area contributed by atoms with E-state index in [1.807, 2.05) is 38.1 Å². The van der Waals surface area contributed by atoms with Gasteiger partial charge in [-0.05, 0) is 42.3 Å². The molecule has 0 aliphatic rings. The molecule has 0 saturated heterocycles. The van der Waals surface area contributed by atoms with Gasteiger partial charge in [-0.2, -0.15) is 0 Å². The first-order valence-electron chi connectivity index (χ1n) is 7.51. The first kappa shape index (κ1) is 18.9. The van der Waals surface area contributed by atoms with Gasteiger partial charge in [0.05, 0.1) is 0 Å². The predicted molar refractivity (Wildman–Crippen MR) is 92.8 cm³/mol. The van der Waals surface area contributed by atoms with Gasteiger partial charge in [-0.3, -0.25) is 20.4 Å². The highest BCUT2D eigenvalue weighted by Gasteiger charge is 2.08. The summed E-state index contributed by atoms with van der Waals surface area (Å²) in [6, 6.07) is 7.53. The van der Waals surface area contributed by atoms with Crippen LogP contribution in [0, 0.1) is 5.92 Å². The maximum atomic E-state index is 11.6. The van der Waals surface area contributed by atoms with Gasteiger partial charge in [0.1, 0.15) is 5.75 Å². The van der Waals surface area contributed by atoms with Gasteiger partial charge in [0.15, 0.2) is 11.7 Å². The summed E-state index contributed by atoms with van der Waals surface area (Å²) >= 11 is 4.91. The van der Waals surface area contributed by atoms with E-state index in [1.165, 1.54) is 5.56 Å². The van der Waals surface area contributed by atoms with Crippen LogP contribution in [0.4, 0.5) is 0 Å². The van der Waals surface area contributed by atoms with E-state index in [0.29, 0.717) is 12.2 Å². The molecule has 0 unspecified atom stereocenters. The maximum absolute atomic E-state index is 11.6. The number of carbonyl (C=O) groups is 2. The molecule has 0 aromatic heterocycles. The molecule has 0 radical (unpaired) electrons. The van der Waals surface area contributed by atoms with Crippen LogP contribution < -0.4 is 20.9 Å². The fraction of sp³-hybridized carbons (Fsp3) is 0.438. The Hall–Kier alpha value is -2.15. The van der Waals surface area contributed by atoms with Crippen LogP contribution >= 0.6 is 12.2 Å². The molecule has 23 heavy (non-hydrogen) atoms. The molecule has 3 N–H and O–H groups in total. The number of thiocarbonyl (C=S) groups is 1. The lowest BCUT2D eigenvalue weighted by Crippen LogP contribution is -2.49. The van der Waals surface area contributed by atoms with Crippen molar-refractivity contribution in [1.29, 1.82) is 0 Å². The summed E-state index contributed by atoms with van der Waals surface area (Å²) in [5.74, 6) is 0.258. The molecule has 0 aliphatic heterocycles. The molecule has 1 aromatic rings. The van der Waals surface area contributed by atoms with Crippen LogP contribution in [0.25, 0.3) is 0 Å². The van der Waals surface area contributed by atoms with Crippen LogP contribution in [-0.4, -0.2) is 23.5 Å². The second-order valence-electron chi connectivity index (χ2n) is 5.43. The molecule has 126 valence electrons. The zero-order chi connectivity index (χ0) is 17.2. The monoisotopic (exact) mass is 337 g/mol. The minimum Gasteiger partial charge on any atom is -0.484 e. The van der Waals surface area contributed by atoms with Gasteiger partial charge in [-0.15, -0.1) is 0 Å². The lowest BCUT2D eigenvalue weighted by atomic mass is 10.1. The number of hydrogen-bond donors (Lipinski definition) is 3. The number of benzene rings is 1. The summed E-state index contributed by atoms with van der Waals surface area (Å²) in [6.07, 6.45) is 1.32. The summed E-state index contributed by atoms with van der Waals surface area (Å²) in [4.78, 5) is 23.1. The molecule has 0 heterocycles. The van der Waals surface area contributed by atoms with Crippen molar-refractivity contribution in [1.82, 2.24) is 16.2 Å². The summed E-state index contributed by atoms with van der Waals surface area (Å²) < 4.78 is 5.35. The van der Waals surface area contributed by atoms with E-state index in [1.54, 1.807) is 0 Å². The van der Waals surface area contributed by atoms with Crippen molar-refractivity contribution in [2.24, 2.45) is 5.92 Å². The third-order valence-corrected chi connectivity index (χ3v) is 3.07. The van der Waals surface area contributed by atoms with E-state index in [9.17, 15) is 9.59 Å². The Labute approximate surface area is 141 Å². The standard InChI is InChI=1S/C16H23N3O3S/c1-4-12-5-7-13(8-6-12)22-10-15(21)18-19-16(23)17-14(20)9-11(2)3/h5-8,11H,4,9-10H2,1-3H3,(H,18,21)(H2,17,19,20,23). The van der Waals surface area contributed by atoms with Gasteiger partial charge in [-0.25, -0.2) is 0 Å². The van der Waals surface area contributed by atoms with Crippen molar-refractivity contribution in [3.05, 3.63) is 29.8 Å². The van der Waals surface area contributed by atoms with Crippen LogP contribution in [0.1, 0.15) is 32.8 Å². The van der Waals surface area contributed by atoms with Gasteiger partial charge in [0.25, 0.3) is 5.91 Å². The Morgan fingerprint density at radius 2 is 1.78 bits per heavy atom. The molecule has 1 rings (SSSR count). The van der Waals surface area contributed by atoms with Gasteiger partial charge in [0, 0.05) is 6.42 Å². The topological polar surface area (TPSA) is 79.5 Å². The Balaban J connectivity index is 2.25. The summed E-state index contributed by atoms with van der Waals surface area (Å²) in [5.41, 5.74) is 6.03. The first-order chi connectivity index (χ1) is 10.9. The zero-order valence-corrected chi connectivity index (χ0v) is 14.5. The molecule has 0 saturated carbocycles. The van der Waals surface area contributed by atoms with Gasteiger partial charge in [0.2, 0.25) is 5.91 Å². The number of hydrazine groups is 1. The smallest absolute Gasteiger partial charge is 0.276 e. The van der Waals surface area contributed by atoms with Gasteiger partial charge >= 0.3 is 0 Å². The van der Waals surface area contributed by atoms with Crippen LogP contribution in [-0.2, 0) is 16.0 Å². The van der Waals surface area contributed by atoms with Crippen LogP contribution in [0.3, 0.4) is 0 Å². The highest BCUT2D eigenvalue weighted by atomic mass is 32.1. The van der Waals surface area contributed by atoms with Crippen LogP contribution in [0.15, 0.2) is 24.3 Å². The van der Waals surface area contributed by atoms with Crippen molar-refractivity contribution in [2.75, 3.05) is 6.61 Å². The maximum Gasteiger partial charge on any atom is 0.276 e. The number of aryl methyl sites for hydroxylation is 1. The molecule has 1 aromatic carbocycles. The second kappa shape index (κ2) is 9.78. The highest BCUT2D eigenvalue weighted by Crippen LogP contribution is 2.12. The molecule has 0 spiro atoms. The lowest BCUT2D eigenvalue weighted by Gasteiger charge is -2.12. The van der Waals surface area contributed by atoms with Gasteiger partial charge < -0.3 is 10.1 Å². The number of rotatable bonds is 6. The Morgan fingerprint density at radius 3 is 2.35 bits per heavy atom. The zero-order valence-electron chi connectivity index (χ0n) is 13.6. The minimum atomic E-state index is -0.398. The Bertz CT molecular complexity index is 544. The fourth-order valence-corrected chi connectivity index (χ4v) is 1.88. The summed E-state index contributed by atoms with van der Waals surface area (Å²) in [7, 11) is 0. The van der Waals surface area contributed by atoms with E-state index in [2.05, 4.69) is 23.1 Å². The molecule has 2 amide bonds. The van der Waals surface area contributed by atoms with E-state index in [4.69, 9.17) is 17.0 Å². The molecular formula is C16H23N3O3S. The molecule has 0 fully saturated rings. The van der Waals surface area contributed by atoms with E-state index < -0.39 is 5.91 Å². The summed E-state index contributed by atoms with van der Waals surface area (Å²) in [5, 5.41) is 2.53. The number of amides is 2. The Morgan fingerprint density at radius 1 is 1.13 bits per heavy atom. The van der Waals surface area contributed by atoms with Crippen molar-refractivity contribution in [2.45, 2.75) is 33.6 Å². The largest absolute Gasteiger partial charge is 0.484 e. The lowest BCUT2D eigenvalue weighted by molar-refractivity contribution is -0.124. The average molecular weight is 337 g/mol. The Kier molecular flexibility index (Phi) is 8.04. The highest BCUT2D eigenvalue weighted by molar-refractivity contribution is 7.80. The van der Waals surface area contributed by atoms with Gasteiger partial charge in [-0.1, -0.05) is 32.9 Å². The minimum absolute atomic E-state index is 0.0521. The molecule has 6 nitrogen and oxygen atoms in total. The number of hydrogen-bond acceptors (Lipinski definition) is 4. The van der Waals surface area contributed by atoms with Crippen LogP contribution in [0.2, 0.25) is 0 Å². The first-order valence-corrected chi connectivity index (χ1v) is 7.92. The molecule has 0 aliphatic carbocycles. The third-order valence-electron chi connectivity index (χ3n) is 2.86. The quantitative estimate of drug-likeness (QED) is 0.544. The molecular weight excluding hydrogens is 314 g/mol. The molecule has 0 bridgehead atoms. The van der Waals surface area contributed by atoms with E-state index in [-0.39, 0.29) is 23.5 Å². The van der Waals surface area contributed by atoms with Crippen molar-refractivity contribution in [3.63, 3.8) is 0 Å².